The van der Waals surface area contributed by atoms with Crippen molar-refractivity contribution < 1.29 is 18.3 Å². The Labute approximate surface area is 208 Å². The lowest BCUT2D eigenvalue weighted by Gasteiger charge is -2.32. The summed E-state index contributed by atoms with van der Waals surface area (Å²) in [4.78, 5) is 13.8. The van der Waals surface area contributed by atoms with Crippen LogP contribution < -0.4 is 19.7 Å². The molecule has 1 N–H and O–H groups in total. The average Bonchev–Trinajstić information content (AvgIpc) is 3.56. The van der Waals surface area contributed by atoms with Crippen molar-refractivity contribution >= 4 is 39.0 Å². The Bertz CT molecular complexity index is 1130. The molecule has 0 unspecified atom stereocenters. The predicted molar refractivity (Wildman–Crippen MR) is 136 cm³/mol. The van der Waals surface area contributed by atoms with Crippen molar-refractivity contribution in [1.29, 1.82) is 0 Å². The average molecular weight is 504 g/mol. The molecule has 1 aromatic carbocycles. The van der Waals surface area contributed by atoms with E-state index in [1.165, 1.54) is 25.9 Å². The van der Waals surface area contributed by atoms with Gasteiger partial charge < -0.3 is 24.6 Å². The third-order valence-electron chi connectivity index (χ3n) is 6.58. The molecule has 2 aliphatic heterocycles. The van der Waals surface area contributed by atoms with E-state index in [0.29, 0.717) is 35.4 Å². The molecule has 0 saturated carbocycles. The summed E-state index contributed by atoms with van der Waals surface area (Å²) in [6, 6.07) is 7.68. The van der Waals surface area contributed by atoms with Gasteiger partial charge in [0.1, 0.15) is 5.82 Å². The van der Waals surface area contributed by atoms with Crippen LogP contribution in [0.4, 0.5) is 25.5 Å². The molecule has 2 aromatic heterocycles. The first-order chi connectivity index (χ1) is 17.0. The standard InChI is InChI=1S/C25H31F2N5O2S/c1-33-20-16-18-19(17-21(20)34-14-5-11-31-9-2-3-10-31)28-24(32-12-7-25(26,27)8-13-32)30-23(18)29-22-6-4-15-35-22/h4,6,15-17H,2-3,5,7-14H2,1H3,(H,28,29,30). The molecule has 3 aromatic rings. The number of alkyl halides is 2. The van der Waals surface area contributed by atoms with Crippen LogP contribution in [0.15, 0.2) is 29.6 Å². The monoisotopic (exact) mass is 503 g/mol. The Balaban J connectivity index is 1.42. The molecule has 0 amide bonds. The van der Waals surface area contributed by atoms with Crippen molar-refractivity contribution in [2.75, 3.05) is 56.7 Å². The summed E-state index contributed by atoms with van der Waals surface area (Å²) in [5.74, 6) is -0.337. The molecule has 0 aliphatic carbocycles. The first-order valence-corrected chi connectivity index (χ1v) is 13.1. The molecule has 0 radical (unpaired) electrons. The molecule has 2 aliphatic rings. The van der Waals surface area contributed by atoms with Crippen molar-refractivity contribution in [3.05, 3.63) is 29.6 Å². The van der Waals surface area contributed by atoms with Crippen molar-refractivity contribution in [3.8, 4) is 11.5 Å². The van der Waals surface area contributed by atoms with Gasteiger partial charge in [0.15, 0.2) is 11.5 Å². The molecule has 0 atom stereocenters. The topological polar surface area (TPSA) is 62.8 Å². The molecule has 7 nitrogen and oxygen atoms in total. The number of nitrogens with one attached hydrogen (secondary N) is 1. The minimum absolute atomic E-state index is 0.198. The van der Waals surface area contributed by atoms with Gasteiger partial charge in [-0.15, -0.1) is 11.3 Å². The maximum Gasteiger partial charge on any atom is 0.251 e. The molecule has 0 bridgehead atoms. The van der Waals surface area contributed by atoms with Gasteiger partial charge in [0.2, 0.25) is 5.95 Å². The number of halogens is 2. The van der Waals surface area contributed by atoms with Crippen LogP contribution in [-0.4, -0.2) is 67.2 Å². The van der Waals surface area contributed by atoms with Crippen LogP contribution in [0.1, 0.15) is 32.1 Å². The maximum absolute atomic E-state index is 13.7. The number of nitrogens with zero attached hydrogens (tertiary/aromatic N) is 4. The molecule has 2 fully saturated rings. The van der Waals surface area contributed by atoms with E-state index in [2.05, 4.69) is 10.2 Å². The number of piperidine rings is 1. The highest BCUT2D eigenvalue weighted by atomic mass is 32.1. The summed E-state index contributed by atoms with van der Waals surface area (Å²) < 4.78 is 39.2. The summed E-state index contributed by atoms with van der Waals surface area (Å²) in [7, 11) is 1.62. The van der Waals surface area contributed by atoms with Gasteiger partial charge in [-0.25, -0.2) is 13.8 Å². The van der Waals surface area contributed by atoms with Gasteiger partial charge in [-0.2, -0.15) is 4.98 Å². The van der Waals surface area contributed by atoms with E-state index in [0.717, 1.165) is 23.4 Å². The van der Waals surface area contributed by atoms with E-state index >= 15 is 0 Å². The Kier molecular flexibility index (Phi) is 7.19. The maximum atomic E-state index is 13.7. The molecule has 35 heavy (non-hydrogen) atoms. The third kappa shape index (κ3) is 5.75. The van der Waals surface area contributed by atoms with Gasteiger partial charge >= 0.3 is 0 Å². The predicted octanol–water partition coefficient (Wildman–Crippen LogP) is 5.54. The number of hydrogen-bond acceptors (Lipinski definition) is 8. The van der Waals surface area contributed by atoms with E-state index < -0.39 is 5.92 Å². The van der Waals surface area contributed by atoms with E-state index in [1.54, 1.807) is 18.4 Å². The minimum Gasteiger partial charge on any atom is -0.493 e. The minimum atomic E-state index is -2.63. The van der Waals surface area contributed by atoms with Crippen molar-refractivity contribution in [2.24, 2.45) is 0 Å². The van der Waals surface area contributed by atoms with Crippen LogP contribution in [0.2, 0.25) is 0 Å². The van der Waals surface area contributed by atoms with Gasteiger partial charge in [-0.3, -0.25) is 0 Å². The number of fused-ring (bicyclic) bond motifs is 1. The SMILES string of the molecule is COc1cc2c(Nc3cccs3)nc(N3CCC(F)(F)CC3)nc2cc1OCCCN1CCCC1. The fraction of sp³-hybridized carbons (Fsp3) is 0.520. The van der Waals surface area contributed by atoms with E-state index in [1.807, 2.05) is 34.5 Å². The molecular weight excluding hydrogens is 472 g/mol. The number of ether oxygens (including phenoxy) is 2. The molecular formula is C25H31F2N5O2S. The summed E-state index contributed by atoms with van der Waals surface area (Å²) in [6.07, 6.45) is 3.09. The van der Waals surface area contributed by atoms with Crippen molar-refractivity contribution in [2.45, 2.75) is 38.0 Å². The first-order valence-electron chi connectivity index (χ1n) is 12.2. The summed E-state index contributed by atoms with van der Waals surface area (Å²) >= 11 is 1.56. The quantitative estimate of drug-likeness (QED) is 0.385. The lowest BCUT2D eigenvalue weighted by atomic mass is 10.1. The lowest BCUT2D eigenvalue weighted by molar-refractivity contribution is -0.0222. The van der Waals surface area contributed by atoms with Crippen molar-refractivity contribution in [1.82, 2.24) is 14.9 Å². The first kappa shape index (κ1) is 24.0. The fourth-order valence-corrected chi connectivity index (χ4v) is 5.23. The largest absolute Gasteiger partial charge is 0.493 e. The molecule has 188 valence electrons. The zero-order chi connectivity index (χ0) is 24.3. The summed E-state index contributed by atoms with van der Waals surface area (Å²) in [6.45, 7) is 4.37. The number of anilines is 3. The second-order valence-corrected chi connectivity index (χ2v) is 10.0. The molecule has 5 rings (SSSR count). The number of likely N-dealkylation sites (tertiary alicyclic amines) is 1. The number of methoxy groups -OCH3 is 1. The molecule has 4 heterocycles. The zero-order valence-corrected chi connectivity index (χ0v) is 20.8. The van der Waals surface area contributed by atoms with Crippen LogP contribution >= 0.6 is 11.3 Å². The van der Waals surface area contributed by atoms with E-state index in [4.69, 9.17) is 19.4 Å². The van der Waals surface area contributed by atoms with Crippen molar-refractivity contribution in [3.63, 3.8) is 0 Å². The number of hydrogen-bond donors (Lipinski definition) is 1. The molecule has 10 heteroatoms. The number of benzene rings is 1. The zero-order valence-electron chi connectivity index (χ0n) is 19.9. The third-order valence-corrected chi connectivity index (χ3v) is 7.37. The van der Waals surface area contributed by atoms with Crippen LogP contribution in [-0.2, 0) is 0 Å². The Morgan fingerprint density at radius 3 is 2.60 bits per heavy atom. The Morgan fingerprint density at radius 2 is 1.89 bits per heavy atom. The van der Waals surface area contributed by atoms with Gasteiger partial charge in [0.25, 0.3) is 5.92 Å². The smallest absolute Gasteiger partial charge is 0.251 e. The highest BCUT2D eigenvalue weighted by Gasteiger charge is 2.35. The van der Waals surface area contributed by atoms with E-state index in [9.17, 15) is 8.78 Å². The highest BCUT2D eigenvalue weighted by Crippen LogP contribution is 2.37. The van der Waals surface area contributed by atoms with Gasteiger partial charge in [-0.1, -0.05) is 0 Å². The molecule has 2 saturated heterocycles. The lowest BCUT2D eigenvalue weighted by Crippen LogP contribution is -2.40. The number of rotatable bonds is 9. The Hall–Kier alpha value is -2.72. The molecule has 0 spiro atoms. The number of thiophene rings is 1. The summed E-state index contributed by atoms with van der Waals surface area (Å²) in [5, 5.41) is 7.06. The fourth-order valence-electron chi connectivity index (χ4n) is 4.61. The summed E-state index contributed by atoms with van der Waals surface area (Å²) in [5.41, 5.74) is 0.682. The van der Waals surface area contributed by atoms with Crippen LogP contribution in [0.5, 0.6) is 11.5 Å². The highest BCUT2D eigenvalue weighted by molar-refractivity contribution is 7.14. The Morgan fingerprint density at radius 1 is 1.09 bits per heavy atom. The van der Waals surface area contributed by atoms with Gasteiger partial charge in [-0.05, 0) is 55.9 Å². The van der Waals surface area contributed by atoms with Gasteiger partial charge in [0, 0.05) is 43.9 Å². The van der Waals surface area contributed by atoms with Crippen LogP contribution in [0, 0.1) is 0 Å². The van der Waals surface area contributed by atoms with Crippen LogP contribution in [0.3, 0.4) is 0 Å². The van der Waals surface area contributed by atoms with Gasteiger partial charge in [0.05, 0.1) is 24.2 Å². The van der Waals surface area contributed by atoms with E-state index in [-0.39, 0.29) is 25.9 Å². The second-order valence-electron chi connectivity index (χ2n) is 9.09. The normalized spacial score (nSPS) is 18.2. The second kappa shape index (κ2) is 10.5. The van der Waals surface area contributed by atoms with Crippen LogP contribution in [0.25, 0.3) is 10.9 Å². The number of aromatic nitrogens is 2.